The van der Waals surface area contributed by atoms with Crippen molar-refractivity contribution >= 4 is 23.6 Å². The summed E-state index contributed by atoms with van der Waals surface area (Å²) in [7, 11) is 0. The number of benzene rings is 3. The number of thioether (sulfide) groups is 1. The maximum Gasteiger partial charge on any atom is 0.243 e. The van der Waals surface area contributed by atoms with Crippen molar-refractivity contribution < 1.29 is 14.0 Å². The SMILES string of the molecule is CC[C@@H](C)NC(=O)[C@H](Cc1ccccc1)N(Cc1ccccc1F)C(=O)CSc1ccccc1. The van der Waals surface area contributed by atoms with Gasteiger partial charge in [0.15, 0.2) is 0 Å². The van der Waals surface area contributed by atoms with Crippen molar-refractivity contribution in [3.05, 3.63) is 102 Å². The maximum atomic E-state index is 14.6. The molecule has 0 unspecified atom stereocenters. The predicted octanol–water partition coefficient (Wildman–Crippen LogP) is 5.47. The van der Waals surface area contributed by atoms with Gasteiger partial charge in [0, 0.05) is 29.5 Å². The molecule has 0 aliphatic rings. The van der Waals surface area contributed by atoms with Crippen LogP contribution in [0.3, 0.4) is 0 Å². The highest BCUT2D eigenvalue weighted by molar-refractivity contribution is 8.00. The Balaban J connectivity index is 1.92. The maximum absolute atomic E-state index is 14.6. The molecule has 2 amide bonds. The second kappa shape index (κ2) is 12.9. The monoisotopic (exact) mass is 478 g/mol. The fraction of sp³-hybridized carbons (Fsp3) is 0.286. The van der Waals surface area contributed by atoms with E-state index >= 15 is 0 Å². The number of amides is 2. The lowest BCUT2D eigenvalue weighted by Crippen LogP contribution is -2.52. The van der Waals surface area contributed by atoms with Gasteiger partial charge in [-0.05, 0) is 37.1 Å². The van der Waals surface area contributed by atoms with Gasteiger partial charge in [0.25, 0.3) is 0 Å². The number of hydrogen-bond acceptors (Lipinski definition) is 3. The Morgan fingerprint density at radius 3 is 2.21 bits per heavy atom. The van der Waals surface area contributed by atoms with Crippen LogP contribution in [0.2, 0.25) is 0 Å². The molecule has 0 aliphatic carbocycles. The summed E-state index contributed by atoms with van der Waals surface area (Å²) in [6.07, 6.45) is 1.12. The molecule has 0 heterocycles. The van der Waals surface area contributed by atoms with Crippen LogP contribution in [-0.2, 0) is 22.6 Å². The number of halogens is 1. The summed E-state index contributed by atoms with van der Waals surface area (Å²) < 4.78 is 14.6. The van der Waals surface area contributed by atoms with Crippen molar-refractivity contribution in [2.75, 3.05) is 5.75 Å². The molecule has 1 N–H and O–H groups in total. The van der Waals surface area contributed by atoms with Crippen LogP contribution in [0.15, 0.2) is 89.8 Å². The molecular weight excluding hydrogens is 447 g/mol. The molecule has 2 atom stereocenters. The van der Waals surface area contributed by atoms with E-state index in [-0.39, 0.29) is 30.2 Å². The first kappa shape index (κ1) is 25.5. The Kier molecular flexibility index (Phi) is 9.71. The molecule has 0 spiro atoms. The van der Waals surface area contributed by atoms with Crippen LogP contribution in [0.25, 0.3) is 0 Å². The summed E-state index contributed by atoms with van der Waals surface area (Å²) in [5, 5.41) is 3.03. The average Bonchev–Trinajstić information content (AvgIpc) is 2.86. The van der Waals surface area contributed by atoms with E-state index in [2.05, 4.69) is 5.32 Å². The van der Waals surface area contributed by atoms with Crippen LogP contribution in [0.1, 0.15) is 31.4 Å². The first-order valence-corrected chi connectivity index (χ1v) is 12.5. The van der Waals surface area contributed by atoms with Crippen molar-refractivity contribution in [2.24, 2.45) is 0 Å². The molecular formula is C28H31FN2O2S. The molecule has 3 aromatic carbocycles. The van der Waals surface area contributed by atoms with Crippen LogP contribution < -0.4 is 5.32 Å². The lowest BCUT2D eigenvalue weighted by Gasteiger charge is -2.32. The fourth-order valence-electron chi connectivity index (χ4n) is 3.55. The van der Waals surface area contributed by atoms with Gasteiger partial charge in [0.05, 0.1) is 5.75 Å². The highest BCUT2D eigenvalue weighted by atomic mass is 32.2. The van der Waals surface area contributed by atoms with E-state index in [4.69, 9.17) is 0 Å². The Hall–Kier alpha value is -3.12. The number of rotatable bonds is 11. The number of nitrogens with zero attached hydrogens (tertiary/aromatic N) is 1. The highest BCUT2D eigenvalue weighted by Crippen LogP contribution is 2.21. The second-order valence-corrected chi connectivity index (χ2v) is 9.29. The van der Waals surface area contributed by atoms with Gasteiger partial charge in [-0.2, -0.15) is 0 Å². The first-order chi connectivity index (χ1) is 16.5. The normalized spacial score (nSPS) is 12.6. The van der Waals surface area contributed by atoms with Crippen LogP contribution in [0.5, 0.6) is 0 Å². The Morgan fingerprint density at radius 1 is 0.941 bits per heavy atom. The number of hydrogen-bond donors (Lipinski definition) is 1. The van der Waals surface area contributed by atoms with Crippen molar-refractivity contribution in [3.63, 3.8) is 0 Å². The quantitative estimate of drug-likeness (QED) is 0.372. The third-order valence-electron chi connectivity index (χ3n) is 5.68. The Bertz CT molecular complexity index is 1060. The first-order valence-electron chi connectivity index (χ1n) is 11.5. The summed E-state index contributed by atoms with van der Waals surface area (Å²) >= 11 is 1.41. The summed E-state index contributed by atoms with van der Waals surface area (Å²) in [5.74, 6) is -0.679. The fourth-order valence-corrected chi connectivity index (χ4v) is 4.36. The van der Waals surface area contributed by atoms with Gasteiger partial charge in [0.2, 0.25) is 11.8 Å². The van der Waals surface area contributed by atoms with Crippen LogP contribution >= 0.6 is 11.8 Å². The molecule has 0 aliphatic heterocycles. The minimum Gasteiger partial charge on any atom is -0.352 e. The Labute approximate surface area is 205 Å². The molecule has 0 aromatic heterocycles. The molecule has 0 radical (unpaired) electrons. The van der Waals surface area contributed by atoms with E-state index in [9.17, 15) is 14.0 Å². The summed E-state index contributed by atoms with van der Waals surface area (Å²) in [5.41, 5.74) is 1.32. The number of carbonyl (C=O) groups excluding carboxylic acids is 2. The number of nitrogens with one attached hydrogen (secondary N) is 1. The van der Waals surface area contributed by atoms with E-state index in [0.717, 1.165) is 16.9 Å². The van der Waals surface area contributed by atoms with Crippen LogP contribution in [0, 0.1) is 5.82 Å². The molecule has 3 rings (SSSR count). The molecule has 0 fully saturated rings. The molecule has 0 bridgehead atoms. The van der Waals surface area contributed by atoms with Crippen molar-refractivity contribution in [3.8, 4) is 0 Å². The minimum atomic E-state index is -0.764. The average molecular weight is 479 g/mol. The van der Waals surface area contributed by atoms with E-state index in [1.807, 2.05) is 74.5 Å². The van der Waals surface area contributed by atoms with Crippen molar-refractivity contribution in [2.45, 2.75) is 50.2 Å². The predicted molar refractivity (Wildman–Crippen MR) is 136 cm³/mol. The summed E-state index contributed by atoms with van der Waals surface area (Å²) in [6.45, 7) is 3.95. The smallest absolute Gasteiger partial charge is 0.243 e. The zero-order valence-electron chi connectivity index (χ0n) is 19.6. The second-order valence-electron chi connectivity index (χ2n) is 8.24. The molecule has 4 nitrogen and oxygen atoms in total. The summed E-state index contributed by atoms with van der Waals surface area (Å²) in [6, 6.07) is 24.8. The molecule has 3 aromatic rings. The van der Waals surface area contributed by atoms with E-state index < -0.39 is 11.9 Å². The highest BCUT2D eigenvalue weighted by Gasteiger charge is 2.31. The third-order valence-corrected chi connectivity index (χ3v) is 6.67. The van der Waals surface area contributed by atoms with Gasteiger partial charge in [-0.3, -0.25) is 9.59 Å². The van der Waals surface area contributed by atoms with Crippen molar-refractivity contribution in [1.29, 1.82) is 0 Å². The lowest BCUT2D eigenvalue weighted by molar-refractivity contribution is -0.139. The zero-order valence-corrected chi connectivity index (χ0v) is 20.4. The van der Waals surface area contributed by atoms with E-state index in [0.29, 0.717) is 12.0 Å². The van der Waals surface area contributed by atoms with Gasteiger partial charge < -0.3 is 10.2 Å². The minimum absolute atomic E-state index is 0.0201. The van der Waals surface area contributed by atoms with Gasteiger partial charge in [-0.15, -0.1) is 11.8 Å². The van der Waals surface area contributed by atoms with Crippen molar-refractivity contribution in [1.82, 2.24) is 10.2 Å². The zero-order chi connectivity index (χ0) is 24.3. The molecule has 178 valence electrons. The van der Waals surface area contributed by atoms with Gasteiger partial charge >= 0.3 is 0 Å². The Morgan fingerprint density at radius 2 is 1.56 bits per heavy atom. The molecule has 0 saturated heterocycles. The topological polar surface area (TPSA) is 49.4 Å². The van der Waals surface area contributed by atoms with Crippen LogP contribution in [0.4, 0.5) is 4.39 Å². The largest absolute Gasteiger partial charge is 0.352 e. The van der Waals surface area contributed by atoms with E-state index in [1.54, 1.807) is 18.2 Å². The summed E-state index contributed by atoms with van der Waals surface area (Å²) in [4.78, 5) is 29.4. The molecule has 6 heteroatoms. The van der Waals surface area contributed by atoms with Crippen LogP contribution in [-0.4, -0.2) is 34.6 Å². The standard InChI is InChI=1S/C28H31FN2O2S/c1-3-21(2)30-28(33)26(18-22-12-6-4-7-13-22)31(19-23-14-10-11-17-25(23)29)27(32)20-34-24-15-8-5-9-16-24/h4-17,21,26H,3,18-20H2,1-2H3,(H,30,33)/t21-,26+/m1/s1. The van der Waals surface area contributed by atoms with Gasteiger partial charge in [0.1, 0.15) is 11.9 Å². The molecule has 0 saturated carbocycles. The van der Waals surface area contributed by atoms with E-state index in [1.165, 1.54) is 22.7 Å². The lowest BCUT2D eigenvalue weighted by atomic mass is 10.0. The van der Waals surface area contributed by atoms with Gasteiger partial charge in [-0.25, -0.2) is 4.39 Å². The van der Waals surface area contributed by atoms with Gasteiger partial charge in [-0.1, -0.05) is 73.7 Å². The number of carbonyl (C=O) groups is 2. The third kappa shape index (κ3) is 7.45. The molecule has 34 heavy (non-hydrogen) atoms.